The Morgan fingerprint density at radius 2 is 1.08 bits per heavy atom. The maximum Gasteiger partial charge on any atom is 0.276 e. The smallest absolute Gasteiger partial charge is 0.276 e. The molecule has 0 radical (unpaired) electrons. The van der Waals surface area contributed by atoms with Crippen LogP contribution in [0.5, 0.6) is 17.2 Å². The summed E-state index contributed by atoms with van der Waals surface area (Å²) >= 11 is 30.4. The van der Waals surface area contributed by atoms with Crippen molar-refractivity contribution in [1.82, 2.24) is 18.7 Å². The third-order valence-corrected chi connectivity index (χ3v) is 9.92. The number of hydrogen-bond donors (Lipinski definition) is 1. The highest BCUT2D eigenvalue weighted by molar-refractivity contribution is 6.34. The number of phenolic OH excluding ortho intramolecular Hbond substituents is 1. The summed E-state index contributed by atoms with van der Waals surface area (Å²) < 4.78 is 54.9. The lowest BCUT2D eigenvalue weighted by Crippen LogP contribution is -2.27. The number of rotatable bonds is 4. The van der Waals surface area contributed by atoms with E-state index in [9.17, 15) is 27.9 Å². The van der Waals surface area contributed by atoms with Gasteiger partial charge in [0.1, 0.15) is 33.4 Å². The predicted octanol–water partition coefficient (Wildman–Crippen LogP) is 9.71. The lowest BCUT2D eigenvalue weighted by molar-refractivity contribution is 0.356. The van der Waals surface area contributed by atoms with Gasteiger partial charge in [0.25, 0.3) is 11.1 Å². The van der Waals surface area contributed by atoms with Crippen molar-refractivity contribution >= 4 is 58.0 Å². The molecular formula is C33H26Cl5F3N4O4. The molecule has 0 saturated carbocycles. The van der Waals surface area contributed by atoms with Crippen LogP contribution < -0.4 is 15.9 Å². The first-order valence-corrected chi connectivity index (χ1v) is 17.0. The number of nitrogens with zero attached hydrogens (tertiary/aromatic N) is 4. The Hall–Kier alpha value is -3.48. The van der Waals surface area contributed by atoms with Crippen LogP contribution in [0.1, 0.15) is 31.2 Å². The highest BCUT2D eigenvalue weighted by atomic mass is 35.5. The Labute approximate surface area is 302 Å². The van der Waals surface area contributed by atoms with Gasteiger partial charge >= 0.3 is 0 Å². The molecule has 0 amide bonds. The van der Waals surface area contributed by atoms with Crippen LogP contribution in [0.2, 0.25) is 25.4 Å². The second-order valence-electron chi connectivity index (χ2n) is 11.6. The molecule has 0 saturated heterocycles. The molecule has 0 spiro atoms. The van der Waals surface area contributed by atoms with Gasteiger partial charge in [0.05, 0.1) is 26.2 Å². The van der Waals surface area contributed by atoms with Gasteiger partial charge in [-0.2, -0.15) is 0 Å². The number of hydrogen-bond acceptors (Lipinski definition) is 4. The molecule has 4 heterocycles. The van der Waals surface area contributed by atoms with Gasteiger partial charge in [-0.1, -0.05) is 58.0 Å². The van der Waals surface area contributed by atoms with E-state index in [2.05, 4.69) is 0 Å². The number of halogens is 8. The number of fused-ring (bicyclic) bond motifs is 2. The molecule has 0 bridgehead atoms. The number of ether oxygens (including phenoxy) is 1. The first-order valence-electron chi connectivity index (χ1n) is 15.1. The van der Waals surface area contributed by atoms with Crippen molar-refractivity contribution in [2.24, 2.45) is 0 Å². The summed E-state index contributed by atoms with van der Waals surface area (Å²) in [5.74, 6) is -2.68. The summed E-state index contributed by atoms with van der Waals surface area (Å²) in [7, 11) is 0. The minimum absolute atomic E-state index is 0.0167. The largest absolute Gasteiger partial charge is 0.506 e. The molecule has 7 rings (SSSR count). The van der Waals surface area contributed by atoms with Crippen molar-refractivity contribution in [2.45, 2.75) is 58.8 Å². The molecular weight excluding hydrogens is 751 g/mol. The maximum atomic E-state index is 14.7. The van der Waals surface area contributed by atoms with Gasteiger partial charge in [0.2, 0.25) is 0 Å². The molecule has 8 nitrogen and oxygen atoms in total. The average Bonchev–Trinajstić information content (AvgIpc) is 3.46. The Bertz CT molecular complexity index is 2220. The van der Waals surface area contributed by atoms with Crippen LogP contribution >= 0.6 is 58.0 Å². The second-order valence-corrected chi connectivity index (χ2v) is 13.5. The fourth-order valence-electron chi connectivity index (χ4n) is 5.93. The van der Waals surface area contributed by atoms with Crippen LogP contribution in [0.3, 0.4) is 0 Å². The molecule has 49 heavy (non-hydrogen) atoms. The normalized spacial score (nSPS) is 13.8. The Balaban J connectivity index is 0.000000182. The molecule has 2 aromatic heterocycles. The molecule has 2 aliphatic heterocycles. The second kappa shape index (κ2) is 14.0. The van der Waals surface area contributed by atoms with Crippen LogP contribution in [0, 0.1) is 24.4 Å². The average molecular weight is 777 g/mol. The number of phenols is 1. The lowest BCUT2D eigenvalue weighted by Gasteiger charge is -2.17. The van der Waals surface area contributed by atoms with Crippen LogP contribution in [-0.4, -0.2) is 23.8 Å². The van der Waals surface area contributed by atoms with Gasteiger partial charge in [-0.25, -0.2) is 22.5 Å². The van der Waals surface area contributed by atoms with E-state index in [1.165, 1.54) is 27.6 Å². The molecule has 2 aliphatic rings. The highest BCUT2D eigenvalue weighted by Gasteiger charge is 2.27. The topological polar surface area (TPSA) is 83.3 Å². The highest BCUT2D eigenvalue weighted by Crippen LogP contribution is 2.41. The van der Waals surface area contributed by atoms with Gasteiger partial charge in [0, 0.05) is 37.3 Å². The Morgan fingerprint density at radius 1 is 0.612 bits per heavy atom. The fourth-order valence-corrected chi connectivity index (χ4v) is 7.28. The third kappa shape index (κ3) is 6.59. The van der Waals surface area contributed by atoms with Gasteiger partial charge in [-0.05, 0) is 74.6 Å². The molecule has 3 aromatic carbocycles. The molecule has 1 N–H and O–H groups in total. The Morgan fingerprint density at radius 3 is 1.57 bits per heavy atom. The minimum Gasteiger partial charge on any atom is -0.506 e. The first-order chi connectivity index (χ1) is 23.3. The minimum atomic E-state index is -0.736. The third-order valence-electron chi connectivity index (χ3n) is 8.28. The van der Waals surface area contributed by atoms with E-state index in [-0.39, 0.29) is 70.4 Å². The summed E-state index contributed by atoms with van der Waals surface area (Å²) in [6, 6.07) is 7.14. The fraction of sp³-hybridized carbons (Fsp3) is 0.273. The van der Waals surface area contributed by atoms with E-state index in [1.54, 1.807) is 16.3 Å². The van der Waals surface area contributed by atoms with E-state index in [0.29, 0.717) is 31.7 Å². The lowest BCUT2D eigenvalue weighted by atomic mass is 10.1. The van der Waals surface area contributed by atoms with E-state index in [1.807, 2.05) is 0 Å². The van der Waals surface area contributed by atoms with Gasteiger partial charge in [-0.3, -0.25) is 19.0 Å². The summed E-state index contributed by atoms with van der Waals surface area (Å²) in [4.78, 5) is 25.2. The van der Waals surface area contributed by atoms with Crippen LogP contribution in [0.25, 0.3) is 22.3 Å². The molecule has 16 heteroatoms. The van der Waals surface area contributed by atoms with E-state index >= 15 is 0 Å². The monoisotopic (exact) mass is 774 g/mol. The zero-order valence-corrected chi connectivity index (χ0v) is 29.4. The van der Waals surface area contributed by atoms with Crippen molar-refractivity contribution in [3.63, 3.8) is 0 Å². The zero-order valence-electron chi connectivity index (χ0n) is 25.6. The molecule has 5 aromatic rings. The van der Waals surface area contributed by atoms with Crippen molar-refractivity contribution in [2.75, 3.05) is 0 Å². The number of aryl methyl sites for hydroxylation is 1. The number of aromatic nitrogens is 4. The molecule has 0 fully saturated rings. The van der Waals surface area contributed by atoms with E-state index in [0.717, 1.165) is 43.9 Å². The summed E-state index contributed by atoms with van der Waals surface area (Å²) in [6.45, 7) is 3.93. The van der Waals surface area contributed by atoms with Crippen molar-refractivity contribution < 1.29 is 23.0 Å². The van der Waals surface area contributed by atoms with Crippen LogP contribution in [-0.2, 0) is 26.2 Å². The summed E-state index contributed by atoms with van der Waals surface area (Å²) in [5.41, 5.74) is -0.156. The maximum absolute atomic E-state index is 14.7. The summed E-state index contributed by atoms with van der Waals surface area (Å²) in [5, 5.41) is 9.79. The van der Waals surface area contributed by atoms with Gasteiger partial charge < -0.3 is 9.84 Å². The SMILES string of the molecule is Cc1cc(F)c(Oc2cc(-c3c(Cl)n4n(c3=O)CCCC4)c(F)cc2Cl)c(Cl)c1.O=c1c(-c2cc(O)c(Cl)cc2F)c(Cl)n2n1CCCC2. The van der Waals surface area contributed by atoms with Crippen molar-refractivity contribution in [3.05, 3.63) is 105 Å². The van der Waals surface area contributed by atoms with Crippen molar-refractivity contribution in [3.8, 4) is 39.5 Å². The number of benzene rings is 3. The van der Waals surface area contributed by atoms with E-state index in [4.69, 9.17) is 62.7 Å². The number of aromatic hydroxyl groups is 1. The zero-order chi connectivity index (χ0) is 35.3. The van der Waals surface area contributed by atoms with Gasteiger partial charge in [0.15, 0.2) is 11.6 Å². The molecule has 258 valence electrons. The molecule has 0 aliphatic carbocycles. The quantitative estimate of drug-likeness (QED) is 0.197. The molecule has 0 atom stereocenters. The molecule has 0 unspecified atom stereocenters. The van der Waals surface area contributed by atoms with Gasteiger partial charge in [-0.15, -0.1) is 0 Å². The van der Waals surface area contributed by atoms with Crippen LogP contribution in [0.4, 0.5) is 13.2 Å². The Kier molecular flexibility index (Phi) is 10.1. The standard InChI is InChI=1S/C20H15Cl3F2N2O2.C13H11Cl2FN2O2/c1-10-6-13(22)18(15(25)7-10)29-16-8-11(14(24)9-12(16)21)17-19(23)26-4-2-3-5-27(26)20(17)28;14-8-6-9(16)7(5-10(8)19)11-12(15)17-3-1-2-4-18(17)13(11)20/h6-9H,2-5H2,1H3;5-6,19H,1-4H2. The predicted molar refractivity (Wildman–Crippen MR) is 185 cm³/mol. The first kappa shape index (κ1) is 35.3. The van der Waals surface area contributed by atoms with Crippen LogP contribution in [0.15, 0.2) is 46.0 Å². The van der Waals surface area contributed by atoms with E-state index < -0.39 is 23.0 Å². The van der Waals surface area contributed by atoms with Crippen molar-refractivity contribution in [1.29, 1.82) is 0 Å². The summed E-state index contributed by atoms with van der Waals surface area (Å²) in [6.07, 6.45) is 3.51.